The topological polar surface area (TPSA) is 105 Å². The third kappa shape index (κ3) is 3.60. The lowest BCUT2D eigenvalue weighted by Gasteiger charge is -2.15. The van der Waals surface area contributed by atoms with Gasteiger partial charge in [-0.1, -0.05) is 30.3 Å². The van der Waals surface area contributed by atoms with Gasteiger partial charge < -0.3 is 14.9 Å². The van der Waals surface area contributed by atoms with Gasteiger partial charge in [0.05, 0.1) is 18.3 Å². The number of H-pyrrole nitrogens is 1. The summed E-state index contributed by atoms with van der Waals surface area (Å²) >= 11 is 0. The molecule has 0 aliphatic carbocycles. The predicted molar refractivity (Wildman–Crippen MR) is 88.4 cm³/mol. The van der Waals surface area contributed by atoms with E-state index < -0.39 is 42.1 Å². The van der Waals surface area contributed by atoms with Gasteiger partial charge >= 0.3 is 5.69 Å². The molecule has 0 bridgehead atoms. The van der Waals surface area contributed by atoms with Crippen molar-refractivity contribution >= 4 is 11.9 Å². The van der Waals surface area contributed by atoms with Crippen LogP contribution in [0, 0.1) is 0 Å². The highest BCUT2D eigenvalue weighted by atomic mass is 19.1. The standard InChI is InChI=1S/C17H17FN2O5/c18-12(6-10-4-2-1-3-5-10)11-8-20(17(24)19-16(11)23)15-7-13(22)14(9-21)25-15/h1-6,8,13-15,21-22H,7,9H2,(H,19,23,24)/b12-6+/t13-,14+,15+/m0/s1. The van der Waals surface area contributed by atoms with Crippen LogP contribution in [0.2, 0.25) is 0 Å². The van der Waals surface area contributed by atoms with E-state index in [2.05, 4.69) is 0 Å². The second kappa shape index (κ2) is 7.14. The van der Waals surface area contributed by atoms with E-state index in [4.69, 9.17) is 9.84 Å². The van der Waals surface area contributed by atoms with Crippen LogP contribution in [-0.2, 0) is 4.74 Å². The van der Waals surface area contributed by atoms with Gasteiger partial charge in [-0.15, -0.1) is 0 Å². The SMILES string of the molecule is O=c1[nH]c(=O)n([C@H]2C[C@H](O)[C@@H](CO)O2)cc1/C(F)=C\c1ccccc1. The van der Waals surface area contributed by atoms with Crippen LogP contribution in [-0.4, -0.2) is 38.6 Å². The van der Waals surface area contributed by atoms with Crippen LogP contribution in [0.25, 0.3) is 11.9 Å². The number of nitrogens with one attached hydrogen (secondary N) is 1. The van der Waals surface area contributed by atoms with Crippen molar-refractivity contribution < 1.29 is 19.3 Å². The summed E-state index contributed by atoms with van der Waals surface area (Å²) in [5.74, 6) is -0.807. The lowest BCUT2D eigenvalue weighted by Crippen LogP contribution is -2.34. The molecule has 1 aromatic carbocycles. The van der Waals surface area contributed by atoms with Crippen LogP contribution in [0.15, 0.2) is 46.1 Å². The Hall–Kier alpha value is -2.55. The highest BCUT2D eigenvalue weighted by Crippen LogP contribution is 2.27. The minimum atomic E-state index is -0.956. The number of aliphatic hydroxyl groups excluding tert-OH is 2. The van der Waals surface area contributed by atoms with Gasteiger partial charge in [0.1, 0.15) is 18.2 Å². The fraction of sp³-hybridized carbons (Fsp3) is 0.294. The maximum Gasteiger partial charge on any atom is 0.330 e. The van der Waals surface area contributed by atoms with Crippen LogP contribution in [0.5, 0.6) is 0 Å². The molecular weight excluding hydrogens is 331 g/mol. The third-order valence-electron chi connectivity index (χ3n) is 4.01. The maximum absolute atomic E-state index is 14.5. The van der Waals surface area contributed by atoms with Gasteiger partial charge in [0, 0.05) is 12.6 Å². The largest absolute Gasteiger partial charge is 0.394 e. The van der Waals surface area contributed by atoms with Crippen molar-refractivity contribution in [2.75, 3.05) is 6.61 Å². The zero-order chi connectivity index (χ0) is 18.0. The molecule has 25 heavy (non-hydrogen) atoms. The van der Waals surface area contributed by atoms with E-state index in [-0.39, 0.29) is 12.0 Å². The Balaban J connectivity index is 1.98. The van der Waals surface area contributed by atoms with Gasteiger partial charge in [-0.2, -0.15) is 0 Å². The molecular formula is C17H17FN2O5. The first-order valence-corrected chi connectivity index (χ1v) is 7.72. The quantitative estimate of drug-likeness (QED) is 0.752. The molecule has 3 rings (SSSR count). The van der Waals surface area contributed by atoms with Crippen LogP contribution in [0.4, 0.5) is 4.39 Å². The van der Waals surface area contributed by atoms with Gasteiger partial charge in [0.2, 0.25) is 0 Å². The number of hydrogen-bond donors (Lipinski definition) is 3. The lowest BCUT2D eigenvalue weighted by atomic mass is 10.1. The summed E-state index contributed by atoms with van der Waals surface area (Å²) in [4.78, 5) is 26.0. The average molecular weight is 348 g/mol. The Morgan fingerprint density at radius 2 is 2.08 bits per heavy atom. The van der Waals surface area contributed by atoms with Crippen molar-refractivity contribution in [2.45, 2.75) is 24.9 Å². The highest BCUT2D eigenvalue weighted by molar-refractivity contribution is 5.75. The van der Waals surface area contributed by atoms with Crippen LogP contribution < -0.4 is 11.2 Å². The molecule has 0 saturated carbocycles. The summed E-state index contributed by atoms with van der Waals surface area (Å²) in [5, 5.41) is 18.9. The zero-order valence-electron chi connectivity index (χ0n) is 13.1. The molecule has 3 atom stereocenters. The molecule has 1 aliphatic rings. The molecule has 0 radical (unpaired) electrons. The number of nitrogens with zero attached hydrogens (tertiary/aromatic N) is 1. The van der Waals surface area contributed by atoms with Gasteiger partial charge in [-0.25, -0.2) is 9.18 Å². The van der Waals surface area contributed by atoms with Crippen molar-refractivity contribution in [3.63, 3.8) is 0 Å². The Morgan fingerprint density at radius 1 is 1.36 bits per heavy atom. The number of halogens is 1. The fourth-order valence-corrected chi connectivity index (χ4v) is 2.69. The van der Waals surface area contributed by atoms with Gasteiger partial charge in [-0.3, -0.25) is 14.3 Å². The van der Waals surface area contributed by atoms with E-state index in [1.807, 2.05) is 4.98 Å². The van der Waals surface area contributed by atoms with Crippen molar-refractivity contribution in [3.8, 4) is 0 Å². The first-order chi connectivity index (χ1) is 12.0. The number of aromatic amines is 1. The molecule has 0 spiro atoms. The zero-order valence-corrected chi connectivity index (χ0v) is 13.1. The molecule has 2 aromatic rings. The van der Waals surface area contributed by atoms with E-state index in [1.165, 1.54) is 6.08 Å². The van der Waals surface area contributed by atoms with Gasteiger partial charge in [-0.05, 0) is 11.6 Å². The third-order valence-corrected chi connectivity index (χ3v) is 4.01. The van der Waals surface area contributed by atoms with E-state index in [0.29, 0.717) is 5.56 Å². The Labute approximate surface area is 141 Å². The van der Waals surface area contributed by atoms with Crippen molar-refractivity contribution in [3.05, 3.63) is 68.5 Å². The van der Waals surface area contributed by atoms with Crippen molar-refractivity contribution in [1.82, 2.24) is 9.55 Å². The van der Waals surface area contributed by atoms with Crippen molar-refractivity contribution in [1.29, 1.82) is 0 Å². The van der Waals surface area contributed by atoms with Gasteiger partial charge in [0.15, 0.2) is 0 Å². The van der Waals surface area contributed by atoms with Crippen LogP contribution in [0.3, 0.4) is 0 Å². The summed E-state index contributed by atoms with van der Waals surface area (Å²) in [5.41, 5.74) is -1.40. The molecule has 1 aromatic heterocycles. The Bertz CT molecular complexity index is 890. The molecule has 0 unspecified atom stereocenters. The summed E-state index contributed by atoms with van der Waals surface area (Å²) < 4.78 is 20.9. The summed E-state index contributed by atoms with van der Waals surface area (Å²) in [6.07, 6.45) is -0.410. The predicted octanol–water partition coefficient (Wildman–Crippen LogP) is 0.645. The number of rotatable bonds is 4. The Morgan fingerprint density at radius 3 is 2.72 bits per heavy atom. The first-order valence-electron chi connectivity index (χ1n) is 7.72. The maximum atomic E-state index is 14.5. The number of ether oxygens (including phenoxy) is 1. The Kier molecular flexibility index (Phi) is 4.93. The number of hydrogen-bond acceptors (Lipinski definition) is 5. The molecule has 1 fully saturated rings. The molecule has 8 heteroatoms. The summed E-state index contributed by atoms with van der Waals surface area (Å²) in [6.45, 7) is -0.412. The molecule has 3 N–H and O–H groups in total. The molecule has 1 saturated heterocycles. The van der Waals surface area contributed by atoms with Crippen molar-refractivity contribution in [2.24, 2.45) is 0 Å². The first kappa shape index (κ1) is 17.3. The van der Waals surface area contributed by atoms with E-state index in [0.717, 1.165) is 10.8 Å². The fourth-order valence-electron chi connectivity index (χ4n) is 2.69. The van der Waals surface area contributed by atoms with E-state index in [9.17, 15) is 19.1 Å². The molecule has 2 heterocycles. The second-order valence-corrected chi connectivity index (χ2v) is 5.73. The molecule has 1 aliphatic heterocycles. The van der Waals surface area contributed by atoms with Gasteiger partial charge in [0.25, 0.3) is 5.56 Å². The highest BCUT2D eigenvalue weighted by Gasteiger charge is 2.35. The molecule has 132 valence electrons. The van der Waals surface area contributed by atoms with Crippen LogP contribution >= 0.6 is 0 Å². The molecule has 7 nitrogen and oxygen atoms in total. The number of aliphatic hydroxyl groups is 2. The van der Waals surface area contributed by atoms with Crippen LogP contribution in [0.1, 0.15) is 23.8 Å². The smallest absolute Gasteiger partial charge is 0.330 e. The minimum Gasteiger partial charge on any atom is -0.394 e. The monoisotopic (exact) mass is 348 g/mol. The molecule has 0 amide bonds. The van der Waals surface area contributed by atoms with E-state index >= 15 is 0 Å². The minimum absolute atomic E-state index is 0.0423. The normalized spacial score (nSPS) is 23.8. The van der Waals surface area contributed by atoms with E-state index in [1.54, 1.807) is 30.3 Å². The summed E-state index contributed by atoms with van der Waals surface area (Å²) in [7, 11) is 0. The average Bonchev–Trinajstić information content (AvgIpc) is 2.96. The summed E-state index contributed by atoms with van der Waals surface area (Å²) in [6, 6.07) is 8.58. The number of aromatic nitrogens is 2. The number of benzene rings is 1. The lowest BCUT2D eigenvalue weighted by molar-refractivity contribution is -0.0459. The second-order valence-electron chi connectivity index (χ2n) is 5.73.